The van der Waals surface area contributed by atoms with Gasteiger partial charge in [0.15, 0.2) is 6.10 Å². The van der Waals surface area contributed by atoms with E-state index in [1.165, 1.54) is 212 Å². The van der Waals surface area contributed by atoms with Gasteiger partial charge in [-0.15, -0.1) is 0 Å². The summed E-state index contributed by atoms with van der Waals surface area (Å²) < 4.78 is 16.8. The van der Waals surface area contributed by atoms with E-state index in [0.29, 0.717) is 19.3 Å². The van der Waals surface area contributed by atoms with Gasteiger partial charge in [0, 0.05) is 19.3 Å². The molecule has 6 heteroatoms. The highest BCUT2D eigenvalue weighted by Gasteiger charge is 2.19. The molecule has 76 heavy (non-hydrogen) atoms. The van der Waals surface area contributed by atoms with Gasteiger partial charge in [-0.1, -0.05) is 331 Å². The van der Waals surface area contributed by atoms with Crippen molar-refractivity contribution in [2.45, 2.75) is 341 Å². The highest BCUT2D eigenvalue weighted by molar-refractivity contribution is 5.71. The van der Waals surface area contributed by atoms with Gasteiger partial charge in [0.25, 0.3) is 0 Å². The van der Waals surface area contributed by atoms with Crippen LogP contribution in [0.2, 0.25) is 0 Å². The Labute approximate surface area is 472 Å². The Kier molecular flexibility index (Phi) is 61.7. The van der Waals surface area contributed by atoms with Gasteiger partial charge in [0.2, 0.25) is 0 Å². The van der Waals surface area contributed by atoms with E-state index in [-0.39, 0.29) is 37.5 Å². The van der Waals surface area contributed by atoms with Crippen molar-refractivity contribution in [3.8, 4) is 0 Å². The van der Waals surface area contributed by atoms with Gasteiger partial charge in [-0.2, -0.15) is 0 Å². The van der Waals surface area contributed by atoms with Gasteiger partial charge < -0.3 is 14.2 Å². The second kappa shape index (κ2) is 64.4. The van der Waals surface area contributed by atoms with Crippen molar-refractivity contribution in [1.29, 1.82) is 0 Å². The molecule has 0 aromatic rings. The van der Waals surface area contributed by atoms with Crippen LogP contribution in [-0.4, -0.2) is 37.2 Å². The Balaban J connectivity index is 4.11. The molecule has 0 aliphatic rings. The zero-order chi connectivity index (χ0) is 55.0. The first-order valence-electron chi connectivity index (χ1n) is 32.9. The fourth-order valence-corrected chi connectivity index (χ4v) is 9.59. The summed E-state index contributed by atoms with van der Waals surface area (Å²) in [5.41, 5.74) is 0. The predicted octanol–water partition coefficient (Wildman–Crippen LogP) is 22.5. The van der Waals surface area contributed by atoms with E-state index >= 15 is 0 Å². The van der Waals surface area contributed by atoms with E-state index in [1.807, 2.05) is 6.08 Å². The van der Waals surface area contributed by atoms with Crippen molar-refractivity contribution in [3.63, 3.8) is 0 Å². The number of hydrogen-bond acceptors (Lipinski definition) is 6. The molecule has 0 rings (SSSR count). The fraction of sp³-hybridized carbons (Fsp3) is 0.786. The first-order valence-corrected chi connectivity index (χ1v) is 32.9. The summed E-state index contributed by atoms with van der Waals surface area (Å²) in [6.07, 6.45) is 84.0. The average Bonchev–Trinajstić information content (AvgIpc) is 3.42. The molecule has 0 radical (unpaired) electrons. The van der Waals surface area contributed by atoms with Crippen LogP contribution in [0.3, 0.4) is 0 Å². The van der Waals surface area contributed by atoms with E-state index in [4.69, 9.17) is 14.2 Å². The molecule has 0 spiro atoms. The molecule has 0 saturated carbocycles. The predicted molar refractivity (Wildman–Crippen MR) is 330 cm³/mol. The van der Waals surface area contributed by atoms with Gasteiger partial charge in [-0.25, -0.2) is 0 Å². The second-order valence-corrected chi connectivity index (χ2v) is 22.0. The van der Waals surface area contributed by atoms with Gasteiger partial charge in [0.05, 0.1) is 0 Å². The Morgan fingerprint density at radius 2 is 0.513 bits per heavy atom. The standard InChI is InChI=1S/C70H124O6/c1-4-7-10-13-16-19-21-23-25-27-29-30-31-32-33-34-35-36-37-38-39-40-42-43-45-47-49-51-54-57-60-63-69(72)75-66-67(65-74-68(71)62-59-56-53-18-15-12-9-6-3)76-70(73)64-61-58-55-52-50-48-46-44-41-28-26-24-22-20-17-14-11-8-5-2/h8,11,17,20,24,26,41,44,48,50,55,58,67H,4-7,9-10,12-16,18-19,21-23,25,27-40,42-43,45-47,49,51-54,56-57,59-66H2,1-3H3/b11-8-,20-17-,26-24-,44-41-,50-48-,58-55-. The molecule has 440 valence electrons. The first-order chi connectivity index (χ1) is 37.5. The lowest BCUT2D eigenvalue weighted by Crippen LogP contribution is -2.30. The van der Waals surface area contributed by atoms with E-state index < -0.39 is 6.10 Å². The maximum atomic E-state index is 12.8. The molecule has 6 nitrogen and oxygen atoms in total. The average molecular weight is 1060 g/mol. The van der Waals surface area contributed by atoms with Crippen LogP contribution in [0.25, 0.3) is 0 Å². The normalized spacial score (nSPS) is 12.5. The maximum Gasteiger partial charge on any atom is 0.306 e. The van der Waals surface area contributed by atoms with E-state index in [2.05, 4.69) is 87.6 Å². The van der Waals surface area contributed by atoms with Gasteiger partial charge in [0.1, 0.15) is 13.2 Å². The minimum atomic E-state index is -0.812. The van der Waals surface area contributed by atoms with Crippen LogP contribution in [0.4, 0.5) is 0 Å². The highest BCUT2D eigenvalue weighted by Crippen LogP contribution is 2.18. The lowest BCUT2D eigenvalue weighted by molar-refractivity contribution is -0.166. The third kappa shape index (κ3) is 61.7. The number of ether oxygens (including phenoxy) is 3. The van der Waals surface area contributed by atoms with Gasteiger partial charge >= 0.3 is 17.9 Å². The molecule has 0 amide bonds. The Bertz CT molecular complexity index is 1400. The number of carbonyl (C=O) groups excluding carboxylic acids is 3. The lowest BCUT2D eigenvalue weighted by atomic mass is 10.0. The number of carbonyl (C=O) groups is 3. The summed E-state index contributed by atoms with van der Waals surface area (Å²) in [4.78, 5) is 38.1. The van der Waals surface area contributed by atoms with Crippen LogP contribution < -0.4 is 0 Å². The third-order valence-corrected chi connectivity index (χ3v) is 14.5. The van der Waals surface area contributed by atoms with E-state index in [1.54, 1.807) is 0 Å². The summed E-state index contributed by atoms with van der Waals surface area (Å²) in [5, 5.41) is 0. The first kappa shape index (κ1) is 72.8. The molecule has 1 atom stereocenters. The van der Waals surface area contributed by atoms with Crippen LogP contribution >= 0.6 is 0 Å². The molecule has 0 aromatic carbocycles. The zero-order valence-electron chi connectivity index (χ0n) is 50.5. The van der Waals surface area contributed by atoms with Crippen LogP contribution in [0.15, 0.2) is 72.9 Å². The minimum absolute atomic E-state index is 0.102. The number of unbranched alkanes of at least 4 members (excludes halogenated alkanes) is 37. The van der Waals surface area contributed by atoms with Gasteiger partial charge in [-0.05, 0) is 57.8 Å². The Hall–Kier alpha value is -3.15. The van der Waals surface area contributed by atoms with Crippen molar-refractivity contribution < 1.29 is 28.6 Å². The summed E-state index contributed by atoms with van der Waals surface area (Å²) in [5.74, 6) is -0.979. The quantitative estimate of drug-likeness (QED) is 0.0261. The summed E-state index contributed by atoms with van der Waals surface area (Å²) in [7, 11) is 0. The third-order valence-electron chi connectivity index (χ3n) is 14.5. The largest absolute Gasteiger partial charge is 0.462 e. The molecule has 0 heterocycles. The van der Waals surface area contributed by atoms with Gasteiger partial charge in [-0.3, -0.25) is 14.4 Å². The Morgan fingerprint density at radius 1 is 0.276 bits per heavy atom. The number of esters is 3. The van der Waals surface area contributed by atoms with Crippen molar-refractivity contribution in [2.75, 3.05) is 13.2 Å². The fourth-order valence-electron chi connectivity index (χ4n) is 9.59. The molecule has 1 unspecified atom stereocenters. The Morgan fingerprint density at radius 3 is 0.776 bits per heavy atom. The highest BCUT2D eigenvalue weighted by atomic mass is 16.6. The molecular formula is C70H124O6. The number of allylic oxidation sites excluding steroid dienone is 12. The molecule has 0 aromatic heterocycles. The monoisotopic (exact) mass is 1060 g/mol. The van der Waals surface area contributed by atoms with E-state index in [0.717, 1.165) is 77.0 Å². The van der Waals surface area contributed by atoms with Crippen LogP contribution in [0.5, 0.6) is 0 Å². The second-order valence-electron chi connectivity index (χ2n) is 22.0. The number of rotatable bonds is 60. The molecular weight excluding hydrogens is 937 g/mol. The van der Waals surface area contributed by atoms with Crippen molar-refractivity contribution >= 4 is 17.9 Å². The molecule has 0 saturated heterocycles. The van der Waals surface area contributed by atoms with Crippen LogP contribution in [0, 0.1) is 0 Å². The van der Waals surface area contributed by atoms with E-state index in [9.17, 15) is 14.4 Å². The summed E-state index contributed by atoms with van der Waals surface area (Å²) in [6, 6.07) is 0. The molecule has 0 aliphatic heterocycles. The SMILES string of the molecule is CC/C=C\C/C=C\C/C=C\C/C=C\C/C=C\C/C=C\CCC(=O)OC(COC(=O)CCCCCCCCCC)COC(=O)CCCCCCCCCCCCCCCCCCCCCCCCCCCCCCCCC. The number of hydrogen-bond donors (Lipinski definition) is 0. The van der Waals surface area contributed by atoms with Crippen LogP contribution in [-0.2, 0) is 28.6 Å². The topological polar surface area (TPSA) is 78.9 Å². The van der Waals surface area contributed by atoms with Crippen molar-refractivity contribution in [2.24, 2.45) is 0 Å². The maximum absolute atomic E-state index is 12.8. The minimum Gasteiger partial charge on any atom is -0.462 e. The molecule has 0 bridgehead atoms. The lowest BCUT2D eigenvalue weighted by Gasteiger charge is -2.18. The molecule has 0 N–H and O–H groups in total. The van der Waals surface area contributed by atoms with Crippen LogP contribution in [0.1, 0.15) is 335 Å². The summed E-state index contributed by atoms with van der Waals surface area (Å²) >= 11 is 0. The zero-order valence-corrected chi connectivity index (χ0v) is 50.5. The molecule has 0 fully saturated rings. The smallest absolute Gasteiger partial charge is 0.306 e. The molecule has 0 aliphatic carbocycles. The summed E-state index contributed by atoms with van der Waals surface area (Å²) in [6.45, 7) is 6.47. The van der Waals surface area contributed by atoms with Crippen molar-refractivity contribution in [3.05, 3.63) is 72.9 Å². The van der Waals surface area contributed by atoms with Crippen molar-refractivity contribution in [1.82, 2.24) is 0 Å².